The van der Waals surface area contributed by atoms with E-state index in [0.717, 1.165) is 11.1 Å². The number of halogens is 2. The van der Waals surface area contributed by atoms with Crippen LogP contribution in [0.5, 0.6) is 0 Å². The zero-order chi connectivity index (χ0) is 24.6. The number of nitrogens with zero attached hydrogens (tertiary/aromatic N) is 3. The number of carbonyl (C=O) groups is 2. The highest BCUT2D eigenvalue weighted by Gasteiger charge is 2.27. The maximum absolute atomic E-state index is 14.2. The van der Waals surface area contributed by atoms with E-state index < -0.39 is 11.8 Å². The Balaban J connectivity index is 1.36. The molecule has 0 unspecified atom stereocenters. The molecule has 182 valence electrons. The molecule has 1 aromatic heterocycles. The van der Waals surface area contributed by atoms with Gasteiger partial charge in [-0.15, -0.1) is 0 Å². The molecule has 7 nitrogen and oxygen atoms in total. The van der Waals surface area contributed by atoms with E-state index in [1.807, 2.05) is 29.2 Å². The van der Waals surface area contributed by atoms with Crippen molar-refractivity contribution in [3.05, 3.63) is 95.0 Å². The van der Waals surface area contributed by atoms with E-state index in [0.29, 0.717) is 36.9 Å². The van der Waals surface area contributed by atoms with Crippen molar-refractivity contribution in [2.24, 2.45) is 0 Å². The third kappa shape index (κ3) is 6.35. The summed E-state index contributed by atoms with van der Waals surface area (Å²) in [7, 11) is 0. The number of hydrogen-bond acceptors (Lipinski definition) is 5. The largest absolute Gasteiger partial charge is 0.367 e. The third-order valence-corrected chi connectivity index (χ3v) is 6.45. The lowest BCUT2D eigenvalue weighted by molar-refractivity contribution is -0.139. The smallest absolute Gasteiger partial charge is 0.309 e. The average Bonchev–Trinajstić information content (AvgIpc) is 2.89. The van der Waals surface area contributed by atoms with Gasteiger partial charge in [-0.1, -0.05) is 48.0 Å². The molecule has 2 amide bonds. The molecule has 2 heterocycles. The van der Waals surface area contributed by atoms with Gasteiger partial charge in [0, 0.05) is 56.7 Å². The van der Waals surface area contributed by atoms with E-state index in [9.17, 15) is 14.0 Å². The fourth-order valence-electron chi connectivity index (χ4n) is 4.18. The van der Waals surface area contributed by atoms with E-state index >= 15 is 0 Å². The van der Waals surface area contributed by atoms with Crippen molar-refractivity contribution in [2.75, 3.05) is 37.6 Å². The van der Waals surface area contributed by atoms with Crippen LogP contribution < -0.4 is 15.5 Å². The van der Waals surface area contributed by atoms with Gasteiger partial charge >= 0.3 is 11.8 Å². The van der Waals surface area contributed by atoms with Gasteiger partial charge in [0.05, 0.1) is 11.7 Å². The summed E-state index contributed by atoms with van der Waals surface area (Å²) in [5.41, 5.74) is 2.26. The number of carbonyl (C=O) groups excluding carboxylic acids is 2. The first kappa shape index (κ1) is 24.6. The molecule has 0 bridgehead atoms. The lowest BCUT2D eigenvalue weighted by Gasteiger charge is -2.40. The van der Waals surface area contributed by atoms with Crippen LogP contribution in [-0.4, -0.2) is 54.4 Å². The van der Waals surface area contributed by atoms with Crippen molar-refractivity contribution in [1.82, 2.24) is 20.5 Å². The molecule has 0 spiro atoms. The molecule has 1 atom stereocenters. The third-order valence-electron chi connectivity index (χ3n) is 6.08. The van der Waals surface area contributed by atoms with E-state index in [1.165, 1.54) is 6.07 Å². The van der Waals surface area contributed by atoms with Crippen molar-refractivity contribution >= 4 is 29.1 Å². The predicted molar refractivity (Wildman–Crippen MR) is 133 cm³/mol. The van der Waals surface area contributed by atoms with Crippen LogP contribution in [0.15, 0.2) is 73.1 Å². The van der Waals surface area contributed by atoms with Crippen molar-refractivity contribution in [3.8, 4) is 0 Å². The molecule has 35 heavy (non-hydrogen) atoms. The molecule has 1 aliphatic heterocycles. The number of benzene rings is 2. The zero-order valence-electron chi connectivity index (χ0n) is 19.2. The van der Waals surface area contributed by atoms with Crippen LogP contribution in [0, 0.1) is 5.82 Å². The Morgan fingerprint density at radius 1 is 0.943 bits per heavy atom. The number of anilines is 1. The van der Waals surface area contributed by atoms with Crippen LogP contribution >= 0.6 is 11.6 Å². The molecule has 0 saturated carbocycles. The van der Waals surface area contributed by atoms with Gasteiger partial charge in [0.15, 0.2) is 0 Å². The second-order valence-corrected chi connectivity index (χ2v) is 8.67. The van der Waals surface area contributed by atoms with Crippen molar-refractivity contribution in [1.29, 1.82) is 0 Å². The molecule has 9 heteroatoms. The normalized spacial score (nSPS) is 14.9. The summed E-state index contributed by atoms with van der Waals surface area (Å²) < 4.78 is 14.2. The second-order valence-electron chi connectivity index (χ2n) is 8.26. The van der Waals surface area contributed by atoms with E-state index in [4.69, 9.17) is 11.6 Å². The average molecular weight is 496 g/mol. The van der Waals surface area contributed by atoms with Gasteiger partial charge in [-0.3, -0.25) is 19.5 Å². The van der Waals surface area contributed by atoms with Gasteiger partial charge in [-0.25, -0.2) is 4.39 Å². The first-order valence-corrected chi connectivity index (χ1v) is 11.8. The lowest BCUT2D eigenvalue weighted by atomic mass is 10.1. The summed E-state index contributed by atoms with van der Waals surface area (Å²) in [6, 6.07) is 17.5. The Bertz CT molecular complexity index is 1160. The number of nitrogens with one attached hydrogen (secondary N) is 2. The highest BCUT2D eigenvalue weighted by Crippen LogP contribution is 2.25. The molecule has 4 rings (SSSR count). The van der Waals surface area contributed by atoms with Gasteiger partial charge in [-0.2, -0.15) is 0 Å². The molecule has 1 fully saturated rings. The maximum Gasteiger partial charge on any atom is 0.309 e. The predicted octanol–water partition coefficient (Wildman–Crippen LogP) is 3.17. The Labute approximate surface area is 208 Å². The molecule has 0 radical (unpaired) electrons. The molecule has 0 aliphatic carbocycles. The molecule has 1 saturated heterocycles. The first-order chi connectivity index (χ1) is 17.0. The molecule has 2 N–H and O–H groups in total. The first-order valence-electron chi connectivity index (χ1n) is 11.5. The van der Waals surface area contributed by atoms with Crippen LogP contribution in [0.3, 0.4) is 0 Å². The molecule has 2 aromatic carbocycles. The molecule has 1 aliphatic rings. The minimum absolute atomic E-state index is 0.163. The summed E-state index contributed by atoms with van der Waals surface area (Å²) >= 11 is 6.11. The van der Waals surface area contributed by atoms with Crippen molar-refractivity contribution in [3.63, 3.8) is 0 Å². The van der Waals surface area contributed by atoms with Crippen LogP contribution in [0.2, 0.25) is 5.02 Å². The maximum atomic E-state index is 14.2. The SMILES string of the molecule is O=C(NCc1ccccc1Cl)C(=O)NC[C@H](c1cccnc1)N1CCN(c2ccccc2F)CC1. The van der Waals surface area contributed by atoms with E-state index in [2.05, 4.69) is 20.5 Å². The number of hydrogen-bond donors (Lipinski definition) is 2. The summed E-state index contributed by atoms with van der Waals surface area (Å²) in [4.78, 5) is 33.3. The van der Waals surface area contributed by atoms with E-state index in [1.54, 1.807) is 42.7 Å². The van der Waals surface area contributed by atoms with Crippen LogP contribution in [0.4, 0.5) is 10.1 Å². The van der Waals surface area contributed by atoms with Crippen LogP contribution in [0.25, 0.3) is 0 Å². The number of aromatic nitrogens is 1. The van der Waals surface area contributed by atoms with Crippen molar-refractivity contribution < 1.29 is 14.0 Å². The number of amides is 2. The molecular weight excluding hydrogens is 469 g/mol. The molecular formula is C26H27ClFN5O2. The van der Waals surface area contributed by atoms with Gasteiger partial charge in [0.25, 0.3) is 0 Å². The minimum Gasteiger partial charge on any atom is -0.367 e. The number of pyridine rings is 1. The number of piperazine rings is 1. The summed E-state index contributed by atoms with van der Waals surface area (Å²) in [5, 5.41) is 5.89. The fraction of sp³-hybridized carbons (Fsp3) is 0.269. The van der Waals surface area contributed by atoms with E-state index in [-0.39, 0.29) is 24.9 Å². The molecule has 3 aromatic rings. The highest BCUT2D eigenvalue weighted by atomic mass is 35.5. The minimum atomic E-state index is -0.723. The Morgan fingerprint density at radius 3 is 2.37 bits per heavy atom. The lowest BCUT2D eigenvalue weighted by Crippen LogP contribution is -2.51. The Kier molecular flexibility index (Phi) is 8.28. The summed E-state index contributed by atoms with van der Waals surface area (Å²) in [5.74, 6) is -1.67. The topological polar surface area (TPSA) is 77.6 Å². The number of para-hydroxylation sites is 1. The summed E-state index contributed by atoms with van der Waals surface area (Å²) in [6.45, 7) is 3.03. The zero-order valence-corrected chi connectivity index (χ0v) is 19.9. The van der Waals surface area contributed by atoms with Crippen LogP contribution in [-0.2, 0) is 16.1 Å². The monoisotopic (exact) mass is 495 g/mol. The van der Waals surface area contributed by atoms with Gasteiger partial charge < -0.3 is 15.5 Å². The summed E-state index contributed by atoms with van der Waals surface area (Å²) in [6.07, 6.45) is 3.45. The fourth-order valence-corrected chi connectivity index (χ4v) is 4.38. The Hall–Kier alpha value is -3.49. The number of rotatable bonds is 7. The Morgan fingerprint density at radius 2 is 1.66 bits per heavy atom. The standard InChI is InChI=1S/C26H27ClFN5O2/c27-21-8-2-1-6-19(21)17-30-25(34)26(35)31-18-24(20-7-5-11-29-16-20)33-14-12-32(13-15-33)23-10-4-3-9-22(23)28/h1-11,16,24H,12-15,17-18H2,(H,30,34)(H,31,35)/t24-/m1/s1. The van der Waals surface area contributed by atoms with Gasteiger partial charge in [-0.05, 0) is 35.4 Å². The van der Waals surface area contributed by atoms with Crippen LogP contribution in [0.1, 0.15) is 17.2 Å². The van der Waals surface area contributed by atoms with Gasteiger partial charge in [0.2, 0.25) is 0 Å². The van der Waals surface area contributed by atoms with Crippen molar-refractivity contribution in [2.45, 2.75) is 12.6 Å². The highest BCUT2D eigenvalue weighted by molar-refractivity contribution is 6.35. The quantitative estimate of drug-likeness (QED) is 0.492. The second kappa shape index (κ2) is 11.8. The van der Waals surface area contributed by atoms with Gasteiger partial charge in [0.1, 0.15) is 5.82 Å².